The van der Waals surface area contributed by atoms with Gasteiger partial charge in [-0.2, -0.15) is 5.10 Å². The number of halogens is 1. The molecule has 4 aromatic rings. The summed E-state index contributed by atoms with van der Waals surface area (Å²) in [6, 6.07) is 9.43. The molecular formula is C18H15ClN4O2. The normalized spacial score (nSPS) is 11.2. The molecule has 0 radical (unpaired) electrons. The number of hydrogen-bond acceptors (Lipinski definition) is 5. The Morgan fingerprint density at radius 2 is 1.80 bits per heavy atom. The minimum Gasteiger partial charge on any atom is -0.496 e. The van der Waals surface area contributed by atoms with E-state index in [9.17, 15) is 0 Å². The molecule has 2 aromatic carbocycles. The van der Waals surface area contributed by atoms with Crippen molar-refractivity contribution < 1.29 is 9.47 Å². The van der Waals surface area contributed by atoms with Crippen LogP contribution in [0.5, 0.6) is 11.5 Å². The van der Waals surface area contributed by atoms with Crippen molar-refractivity contribution in [1.29, 1.82) is 0 Å². The van der Waals surface area contributed by atoms with Gasteiger partial charge in [0.05, 0.1) is 25.8 Å². The summed E-state index contributed by atoms with van der Waals surface area (Å²) in [5.74, 6) is 1.23. The number of aryl methyl sites for hydroxylation is 1. The second kappa shape index (κ2) is 5.89. The van der Waals surface area contributed by atoms with E-state index < -0.39 is 0 Å². The molecule has 0 aliphatic carbocycles. The highest BCUT2D eigenvalue weighted by atomic mass is 35.5. The van der Waals surface area contributed by atoms with Crippen LogP contribution >= 0.6 is 11.6 Å². The van der Waals surface area contributed by atoms with Crippen molar-refractivity contribution in [2.45, 2.75) is 0 Å². The monoisotopic (exact) mass is 354 g/mol. The van der Waals surface area contributed by atoms with Crippen molar-refractivity contribution in [2.24, 2.45) is 7.05 Å². The van der Waals surface area contributed by atoms with Crippen LogP contribution in [0.15, 0.2) is 36.5 Å². The molecule has 0 bridgehead atoms. The van der Waals surface area contributed by atoms with E-state index in [0.29, 0.717) is 27.7 Å². The van der Waals surface area contributed by atoms with Gasteiger partial charge in [0.1, 0.15) is 11.3 Å². The van der Waals surface area contributed by atoms with E-state index in [1.807, 2.05) is 31.3 Å². The molecule has 126 valence electrons. The highest BCUT2D eigenvalue weighted by Crippen LogP contribution is 2.45. The van der Waals surface area contributed by atoms with E-state index in [2.05, 4.69) is 15.3 Å². The molecule has 0 fully saturated rings. The van der Waals surface area contributed by atoms with Crippen molar-refractivity contribution in [2.75, 3.05) is 14.2 Å². The van der Waals surface area contributed by atoms with E-state index in [1.54, 1.807) is 31.2 Å². The van der Waals surface area contributed by atoms with Gasteiger partial charge in [-0.15, -0.1) is 10.2 Å². The van der Waals surface area contributed by atoms with Crippen LogP contribution in [-0.4, -0.2) is 34.2 Å². The smallest absolute Gasteiger partial charge is 0.180 e. The number of methoxy groups -OCH3 is 2. The lowest BCUT2D eigenvalue weighted by molar-refractivity contribution is 0.398. The predicted molar refractivity (Wildman–Crippen MR) is 97.4 cm³/mol. The number of benzene rings is 2. The lowest BCUT2D eigenvalue weighted by Gasteiger charge is -2.16. The van der Waals surface area contributed by atoms with Crippen LogP contribution in [0.1, 0.15) is 0 Å². The summed E-state index contributed by atoms with van der Waals surface area (Å²) in [7, 11) is 5.05. The maximum Gasteiger partial charge on any atom is 0.180 e. The van der Waals surface area contributed by atoms with Crippen LogP contribution in [0.2, 0.25) is 5.02 Å². The molecule has 2 aromatic heterocycles. The Balaban J connectivity index is 2.27. The van der Waals surface area contributed by atoms with Gasteiger partial charge < -0.3 is 9.47 Å². The minimum absolute atomic E-state index is 0.584. The molecule has 25 heavy (non-hydrogen) atoms. The lowest BCUT2D eigenvalue weighted by atomic mass is 9.97. The Hall–Kier alpha value is -2.86. The van der Waals surface area contributed by atoms with Crippen molar-refractivity contribution in [1.82, 2.24) is 20.0 Å². The molecule has 0 aliphatic rings. The molecule has 0 spiro atoms. The molecule has 0 unspecified atom stereocenters. The molecule has 2 heterocycles. The second-order valence-electron chi connectivity index (χ2n) is 5.56. The van der Waals surface area contributed by atoms with Gasteiger partial charge in [0.15, 0.2) is 11.4 Å². The van der Waals surface area contributed by atoms with Gasteiger partial charge in [0.25, 0.3) is 0 Å². The molecule has 0 saturated carbocycles. The van der Waals surface area contributed by atoms with E-state index in [1.165, 1.54) is 0 Å². The zero-order chi connectivity index (χ0) is 17.6. The van der Waals surface area contributed by atoms with E-state index in [0.717, 1.165) is 21.9 Å². The molecule has 6 nitrogen and oxygen atoms in total. The van der Waals surface area contributed by atoms with E-state index >= 15 is 0 Å². The summed E-state index contributed by atoms with van der Waals surface area (Å²) in [4.78, 5) is 0. The highest BCUT2D eigenvalue weighted by Gasteiger charge is 2.21. The Morgan fingerprint density at radius 1 is 1.04 bits per heavy atom. The first-order valence-corrected chi connectivity index (χ1v) is 8.01. The van der Waals surface area contributed by atoms with Gasteiger partial charge in [0, 0.05) is 34.6 Å². The number of ether oxygens (including phenoxy) is 2. The zero-order valence-electron chi connectivity index (χ0n) is 13.9. The van der Waals surface area contributed by atoms with Crippen LogP contribution in [0.25, 0.3) is 33.1 Å². The van der Waals surface area contributed by atoms with Crippen LogP contribution in [-0.2, 0) is 7.05 Å². The fourth-order valence-corrected chi connectivity index (χ4v) is 3.29. The van der Waals surface area contributed by atoms with Gasteiger partial charge in [0.2, 0.25) is 0 Å². The van der Waals surface area contributed by atoms with Gasteiger partial charge in [-0.1, -0.05) is 29.8 Å². The molecule has 0 aliphatic heterocycles. The Kier molecular flexibility index (Phi) is 3.69. The fourth-order valence-electron chi connectivity index (χ4n) is 3.06. The van der Waals surface area contributed by atoms with E-state index in [4.69, 9.17) is 21.1 Å². The number of nitrogens with zero attached hydrogens (tertiary/aromatic N) is 4. The standard InChI is InChI=1S/C18H15ClN4O2/c1-23-18-11(9-20-23)16-15(10-6-4-5-7-12(10)19)13(24-2)8-14(25-3)17(16)21-22-18/h4-9H,1-3H3. The topological polar surface area (TPSA) is 62.1 Å². The molecule has 4 rings (SSSR count). The number of aromatic nitrogens is 4. The van der Waals surface area contributed by atoms with Crippen molar-refractivity contribution in [3.8, 4) is 22.6 Å². The first kappa shape index (κ1) is 15.7. The maximum atomic E-state index is 6.47. The molecular weight excluding hydrogens is 340 g/mol. The SMILES string of the molecule is COc1cc(OC)c2nnc3c(cnn3C)c2c1-c1ccccc1Cl. The molecule has 0 amide bonds. The summed E-state index contributed by atoms with van der Waals surface area (Å²) in [5.41, 5.74) is 3.01. The van der Waals surface area contributed by atoms with Gasteiger partial charge in [-0.3, -0.25) is 0 Å². The summed E-state index contributed by atoms with van der Waals surface area (Å²) >= 11 is 6.47. The predicted octanol–water partition coefficient (Wildman–Crippen LogP) is 3.85. The summed E-state index contributed by atoms with van der Waals surface area (Å²) in [6.45, 7) is 0. The number of fused-ring (bicyclic) bond motifs is 3. The number of rotatable bonds is 3. The Bertz CT molecular complexity index is 1110. The third-order valence-electron chi connectivity index (χ3n) is 4.23. The average molecular weight is 355 g/mol. The lowest BCUT2D eigenvalue weighted by Crippen LogP contribution is -1.99. The maximum absolute atomic E-state index is 6.47. The average Bonchev–Trinajstić information content (AvgIpc) is 3.02. The second-order valence-corrected chi connectivity index (χ2v) is 5.97. The Morgan fingerprint density at radius 3 is 2.52 bits per heavy atom. The summed E-state index contributed by atoms with van der Waals surface area (Å²) in [6.07, 6.45) is 1.77. The molecule has 0 saturated heterocycles. The van der Waals surface area contributed by atoms with Gasteiger partial charge in [-0.05, 0) is 6.07 Å². The molecule has 0 N–H and O–H groups in total. The highest BCUT2D eigenvalue weighted by molar-refractivity contribution is 6.34. The zero-order valence-corrected chi connectivity index (χ0v) is 14.7. The fraction of sp³-hybridized carbons (Fsp3) is 0.167. The van der Waals surface area contributed by atoms with Crippen molar-refractivity contribution in [3.63, 3.8) is 0 Å². The largest absolute Gasteiger partial charge is 0.496 e. The minimum atomic E-state index is 0.584. The van der Waals surface area contributed by atoms with Crippen LogP contribution in [0, 0.1) is 0 Å². The first-order valence-electron chi connectivity index (χ1n) is 7.63. The van der Waals surface area contributed by atoms with Crippen molar-refractivity contribution in [3.05, 3.63) is 41.6 Å². The Labute approximate surface area is 148 Å². The van der Waals surface area contributed by atoms with Gasteiger partial charge >= 0.3 is 0 Å². The third-order valence-corrected chi connectivity index (χ3v) is 4.56. The van der Waals surface area contributed by atoms with Crippen LogP contribution in [0.3, 0.4) is 0 Å². The first-order chi connectivity index (χ1) is 12.2. The van der Waals surface area contributed by atoms with Crippen LogP contribution < -0.4 is 9.47 Å². The molecule has 0 atom stereocenters. The quantitative estimate of drug-likeness (QED) is 0.559. The molecule has 7 heteroatoms. The third kappa shape index (κ3) is 2.29. The number of hydrogen-bond donors (Lipinski definition) is 0. The van der Waals surface area contributed by atoms with Gasteiger partial charge in [-0.25, -0.2) is 4.68 Å². The van der Waals surface area contributed by atoms with Crippen LogP contribution in [0.4, 0.5) is 0 Å². The summed E-state index contributed by atoms with van der Waals surface area (Å²) in [5, 5.41) is 15.3. The van der Waals surface area contributed by atoms with Crippen molar-refractivity contribution >= 4 is 33.5 Å². The van der Waals surface area contributed by atoms with E-state index in [-0.39, 0.29) is 0 Å². The summed E-state index contributed by atoms with van der Waals surface area (Å²) < 4.78 is 12.8.